The highest BCUT2D eigenvalue weighted by Crippen LogP contribution is 2.27. The zero-order chi connectivity index (χ0) is 20.5. The first-order valence-corrected chi connectivity index (χ1v) is 9.85. The molecule has 0 saturated heterocycles. The number of anilines is 1. The fourth-order valence-electron chi connectivity index (χ4n) is 3.00. The van der Waals surface area contributed by atoms with Gasteiger partial charge in [-0.05, 0) is 51.7 Å². The van der Waals surface area contributed by atoms with Crippen molar-refractivity contribution in [3.8, 4) is 0 Å². The fourth-order valence-corrected chi connectivity index (χ4v) is 3.00. The number of nitrogens with two attached hydrogens (primary N) is 1. The Kier molecular flexibility index (Phi) is 8.22. The number of hydrogen-bond acceptors (Lipinski definition) is 6. The number of nitrogen functional groups attached to an aromatic ring is 1. The highest BCUT2D eigenvalue weighted by atomic mass is 16.5. The number of nitrogens with one attached hydrogen (secondary N) is 1. The van der Waals surface area contributed by atoms with Gasteiger partial charge in [-0.1, -0.05) is 6.07 Å². The zero-order valence-corrected chi connectivity index (χ0v) is 16.6. The normalized spacial score (nSPS) is 14.2. The Labute approximate surface area is 165 Å². The molecule has 2 rings (SSSR count). The molecule has 0 bridgehead atoms. The molecular formula is C20H30N4O4. The molecule has 1 aliphatic rings. The molecule has 3 N–H and O–H groups in total. The molecule has 1 heterocycles. The van der Waals surface area contributed by atoms with E-state index in [1.807, 2.05) is 12.1 Å². The smallest absolute Gasteiger partial charge is 0.307 e. The lowest BCUT2D eigenvalue weighted by molar-refractivity contribution is -0.144. The largest absolute Gasteiger partial charge is 0.466 e. The molecule has 1 aromatic rings. The molecule has 1 atom stereocenters. The summed E-state index contributed by atoms with van der Waals surface area (Å²) in [4.78, 5) is 42.3. The van der Waals surface area contributed by atoms with Crippen molar-refractivity contribution in [2.45, 2.75) is 64.5 Å². The monoisotopic (exact) mass is 390 g/mol. The summed E-state index contributed by atoms with van der Waals surface area (Å²) < 4.78 is 4.88. The number of aryl methyl sites for hydroxylation is 1. The van der Waals surface area contributed by atoms with Crippen molar-refractivity contribution >= 4 is 23.6 Å². The molecule has 2 amide bonds. The number of pyridine rings is 1. The van der Waals surface area contributed by atoms with Crippen LogP contribution in [0.2, 0.25) is 0 Å². The van der Waals surface area contributed by atoms with E-state index >= 15 is 0 Å². The Hall–Kier alpha value is -2.64. The summed E-state index contributed by atoms with van der Waals surface area (Å²) >= 11 is 0. The summed E-state index contributed by atoms with van der Waals surface area (Å²) in [5.41, 5.74) is 6.53. The van der Waals surface area contributed by atoms with Gasteiger partial charge in [-0.3, -0.25) is 14.4 Å². The maximum absolute atomic E-state index is 12.6. The van der Waals surface area contributed by atoms with Crippen LogP contribution in [0.3, 0.4) is 0 Å². The fraction of sp³-hybridized carbons (Fsp3) is 0.600. The molecule has 8 nitrogen and oxygen atoms in total. The highest BCUT2D eigenvalue weighted by Gasteiger charge is 2.33. The summed E-state index contributed by atoms with van der Waals surface area (Å²) in [5.74, 6) is -0.160. The molecule has 0 unspecified atom stereocenters. The molecule has 1 aliphatic carbocycles. The lowest BCUT2D eigenvalue weighted by Crippen LogP contribution is -2.45. The van der Waals surface area contributed by atoms with Crippen LogP contribution in [0.15, 0.2) is 18.2 Å². The second-order valence-electron chi connectivity index (χ2n) is 7.14. The molecule has 1 aromatic heterocycles. The molecule has 28 heavy (non-hydrogen) atoms. The average molecular weight is 390 g/mol. The van der Waals surface area contributed by atoms with Crippen LogP contribution in [0.1, 0.15) is 51.6 Å². The van der Waals surface area contributed by atoms with Crippen LogP contribution in [-0.4, -0.2) is 52.9 Å². The predicted octanol–water partition coefficient (Wildman–Crippen LogP) is 1.44. The first kappa shape index (κ1) is 21.7. The van der Waals surface area contributed by atoms with E-state index in [0.717, 1.165) is 18.5 Å². The number of carbonyl (C=O) groups is 3. The molecule has 0 spiro atoms. The first-order valence-electron chi connectivity index (χ1n) is 9.85. The van der Waals surface area contributed by atoms with E-state index in [9.17, 15) is 14.4 Å². The van der Waals surface area contributed by atoms with Gasteiger partial charge in [-0.15, -0.1) is 0 Å². The van der Waals surface area contributed by atoms with Gasteiger partial charge in [0, 0.05) is 24.2 Å². The van der Waals surface area contributed by atoms with Crippen molar-refractivity contribution in [1.29, 1.82) is 0 Å². The Balaban J connectivity index is 1.77. The summed E-state index contributed by atoms with van der Waals surface area (Å²) in [7, 11) is 0. The second kappa shape index (κ2) is 10.6. The van der Waals surface area contributed by atoms with Crippen molar-refractivity contribution in [3.05, 3.63) is 23.9 Å². The lowest BCUT2D eigenvalue weighted by atomic mass is 10.1. The van der Waals surface area contributed by atoms with Crippen LogP contribution >= 0.6 is 0 Å². The molecule has 8 heteroatoms. The maximum atomic E-state index is 12.6. The first-order chi connectivity index (χ1) is 13.4. The van der Waals surface area contributed by atoms with Gasteiger partial charge < -0.3 is 20.7 Å². The summed E-state index contributed by atoms with van der Waals surface area (Å²) in [6.45, 7) is 3.82. The topological polar surface area (TPSA) is 115 Å². The third-order valence-electron chi connectivity index (χ3n) is 4.46. The minimum absolute atomic E-state index is 0.0210. The van der Waals surface area contributed by atoms with Crippen LogP contribution in [0, 0.1) is 0 Å². The van der Waals surface area contributed by atoms with E-state index in [1.54, 1.807) is 24.8 Å². The molecule has 1 saturated carbocycles. The second-order valence-corrected chi connectivity index (χ2v) is 7.14. The van der Waals surface area contributed by atoms with E-state index in [0.29, 0.717) is 31.7 Å². The van der Waals surface area contributed by atoms with Gasteiger partial charge in [0.2, 0.25) is 11.8 Å². The Morgan fingerprint density at radius 1 is 1.36 bits per heavy atom. The van der Waals surface area contributed by atoms with Crippen LogP contribution in [0.25, 0.3) is 0 Å². The Bertz CT molecular complexity index is 691. The number of nitrogens with zero attached hydrogens (tertiary/aromatic N) is 2. The van der Waals surface area contributed by atoms with Gasteiger partial charge >= 0.3 is 5.97 Å². The van der Waals surface area contributed by atoms with Gasteiger partial charge in [0.25, 0.3) is 0 Å². The molecule has 154 valence electrons. The van der Waals surface area contributed by atoms with Gasteiger partial charge in [0.05, 0.1) is 19.6 Å². The average Bonchev–Trinajstić information content (AvgIpc) is 3.44. The standard InChI is InChI=1S/C20H30N4O4/c1-3-28-20(27)12-14(2)22-18(25)13-24(16-10-11-16)19(26)9-5-7-15-6-4-8-17(21)23-15/h4,6,8,14,16H,3,5,7,9-13H2,1-2H3,(H2,21,23)(H,22,25)/t14-/m1/s1. The van der Waals surface area contributed by atoms with Crippen molar-refractivity contribution in [2.75, 3.05) is 18.9 Å². The molecular weight excluding hydrogens is 360 g/mol. The third kappa shape index (κ3) is 7.54. The molecule has 0 aromatic carbocycles. The number of hydrogen-bond donors (Lipinski definition) is 2. The van der Waals surface area contributed by atoms with Gasteiger partial charge in [0.15, 0.2) is 0 Å². The minimum atomic E-state index is -0.347. The van der Waals surface area contributed by atoms with Crippen LogP contribution in [0.4, 0.5) is 5.82 Å². The Morgan fingerprint density at radius 3 is 2.75 bits per heavy atom. The molecule has 1 fully saturated rings. The number of ether oxygens (including phenoxy) is 1. The number of esters is 1. The molecule has 0 aliphatic heterocycles. The summed E-state index contributed by atoms with van der Waals surface area (Å²) in [6.07, 6.45) is 3.64. The van der Waals surface area contributed by atoms with Crippen LogP contribution in [-0.2, 0) is 25.5 Å². The maximum Gasteiger partial charge on any atom is 0.307 e. The minimum Gasteiger partial charge on any atom is -0.466 e. The quantitative estimate of drug-likeness (QED) is 0.553. The van der Waals surface area contributed by atoms with Crippen molar-refractivity contribution < 1.29 is 19.1 Å². The molecule has 0 radical (unpaired) electrons. The SMILES string of the molecule is CCOC(=O)C[C@@H](C)NC(=O)CN(C(=O)CCCc1cccc(N)n1)C1CC1. The van der Waals surface area contributed by atoms with Crippen molar-refractivity contribution in [1.82, 2.24) is 15.2 Å². The van der Waals surface area contributed by atoms with E-state index in [4.69, 9.17) is 10.5 Å². The summed E-state index contributed by atoms with van der Waals surface area (Å²) in [6, 6.07) is 5.27. The van der Waals surface area contributed by atoms with Crippen molar-refractivity contribution in [2.24, 2.45) is 0 Å². The third-order valence-corrected chi connectivity index (χ3v) is 4.46. The van der Waals surface area contributed by atoms with E-state index < -0.39 is 0 Å². The zero-order valence-electron chi connectivity index (χ0n) is 16.6. The van der Waals surface area contributed by atoms with E-state index in [-0.39, 0.29) is 42.8 Å². The lowest BCUT2D eigenvalue weighted by Gasteiger charge is -2.23. The Morgan fingerprint density at radius 2 is 2.11 bits per heavy atom. The van der Waals surface area contributed by atoms with E-state index in [2.05, 4.69) is 10.3 Å². The number of amides is 2. The number of carbonyl (C=O) groups excluding carboxylic acids is 3. The summed E-state index contributed by atoms with van der Waals surface area (Å²) in [5, 5.41) is 2.77. The highest BCUT2D eigenvalue weighted by molar-refractivity contribution is 5.85. The van der Waals surface area contributed by atoms with Gasteiger partial charge in [-0.2, -0.15) is 0 Å². The number of aromatic nitrogens is 1. The van der Waals surface area contributed by atoms with E-state index in [1.165, 1.54) is 0 Å². The predicted molar refractivity (Wildman–Crippen MR) is 105 cm³/mol. The van der Waals surface area contributed by atoms with Crippen molar-refractivity contribution in [3.63, 3.8) is 0 Å². The number of rotatable bonds is 11. The van der Waals surface area contributed by atoms with Gasteiger partial charge in [0.1, 0.15) is 5.82 Å². The van der Waals surface area contributed by atoms with Crippen LogP contribution in [0.5, 0.6) is 0 Å². The van der Waals surface area contributed by atoms with Crippen LogP contribution < -0.4 is 11.1 Å². The van der Waals surface area contributed by atoms with Gasteiger partial charge in [-0.25, -0.2) is 4.98 Å².